The number of aryl methyl sites for hydroxylation is 1. The maximum absolute atomic E-state index is 14.7. The molecule has 0 saturated heterocycles. The quantitative estimate of drug-likeness (QED) is 0.360. The molecule has 2 N–H and O–H groups in total. The number of carbonyl (C=O) groups excluding carboxylic acids is 2. The number of anilines is 1. The highest BCUT2D eigenvalue weighted by Crippen LogP contribution is 2.42. The molecule has 4 aromatic rings. The van der Waals surface area contributed by atoms with Crippen molar-refractivity contribution in [3.8, 4) is 11.5 Å². The number of nitrogens with one attached hydrogen (secondary N) is 2. The number of nitrogens with zero attached hydrogens (tertiary/aromatic N) is 2. The van der Waals surface area contributed by atoms with Gasteiger partial charge in [-0.25, -0.2) is 8.78 Å². The third kappa shape index (κ3) is 4.21. The normalized spacial score (nSPS) is 14.0. The van der Waals surface area contributed by atoms with E-state index in [2.05, 4.69) is 15.7 Å². The summed E-state index contributed by atoms with van der Waals surface area (Å²) < 4.78 is 40.9. The first-order valence-electron chi connectivity index (χ1n) is 12.0. The van der Waals surface area contributed by atoms with Crippen molar-refractivity contribution >= 4 is 28.4 Å². The fourth-order valence-electron chi connectivity index (χ4n) is 4.83. The molecule has 1 heterocycles. The van der Waals surface area contributed by atoms with Crippen LogP contribution in [0.4, 0.5) is 14.5 Å². The van der Waals surface area contributed by atoms with Crippen molar-refractivity contribution in [2.75, 3.05) is 19.5 Å². The van der Waals surface area contributed by atoms with Gasteiger partial charge in [0.1, 0.15) is 5.56 Å². The van der Waals surface area contributed by atoms with Crippen molar-refractivity contribution < 1.29 is 27.8 Å². The molecule has 0 aliphatic heterocycles. The van der Waals surface area contributed by atoms with Gasteiger partial charge in [-0.05, 0) is 49.1 Å². The fourth-order valence-corrected chi connectivity index (χ4v) is 4.83. The molecule has 1 fully saturated rings. The zero-order valence-electron chi connectivity index (χ0n) is 21.1. The molecule has 3 aromatic carbocycles. The van der Waals surface area contributed by atoms with Crippen LogP contribution in [0.5, 0.6) is 11.5 Å². The van der Waals surface area contributed by atoms with Crippen LogP contribution in [-0.2, 0) is 12.6 Å². The summed E-state index contributed by atoms with van der Waals surface area (Å²) in [5.41, 5.74) is 1.25. The summed E-state index contributed by atoms with van der Waals surface area (Å²) in [5.74, 6) is -4.05. The predicted molar refractivity (Wildman–Crippen MR) is 138 cm³/mol. The average molecular weight is 521 g/mol. The smallest absolute Gasteiger partial charge is 0.261 e. The summed E-state index contributed by atoms with van der Waals surface area (Å²) in [4.78, 5) is 26.1. The molecule has 8 nitrogen and oxygen atoms in total. The Morgan fingerprint density at radius 3 is 2.21 bits per heavy atom. The Morgan fingerprint density at radius 1 is 0.974 bits per heavy atom. The highest BCUT2D eigenvalue weighted by molar-refractivity contribution is 6.07. The number of methoxy groups -OCH3 is 2. The van der Waals surface area contributed by atoms with Crippen LogP contribution in [0.25, 0.3) is 10.9 Å². The van der Waals surface area contributed by atoms with Gasteiger partial charge in [-0.1, -0.05) is 18.2 Å². The van der Waals surface area contributed by atoms with E-state index in [1.54, 1.807) is 41.2 Å². The Kier molecular flexibility index (Phi) is 6.48. The highest BCUT2D eigenvalue weighted by Gasteiger charge is 2.40. The summed E-state index contributed by atoms with van der Waals surface area (Å²) in [5, 5.41) is 10.7. The Balaban J connectivity index is 1.36. The minimum absolute atomic E-state index is 0.196. The molecule has 0 bridgehead atoms. The first-order chi connectivity index (χ1) is 18.3. The lowest BCUT2D eigenvalue weighted by molar-refractivity contribution is 0.0825. The van der Waals surface area contributed by atoms with E-state index < -0.39 is 28.6 Å². The highest BCUT2D eigenvalue weighted by atomic mass is 19.1. The summed E-state index contributed by atoms with van der Waals surface area (Å²) >= 11 is 0. The number of carbonyl (C=O) groups is 2. The van der Waals surface area contributed by atoms with Crippen molar-refractivity contribution in [1.29, 1.82) is 0 Å². The molecule has 1 saturated carbocycles. The molecule has 5 rings (SSSR count). The first-order valence-corrected chi connectivity index (χ1v) is 12.0. The zero-order valence-corrected chi connectivity index (χ0v) is 21.1. The van der Waals surface area contributed by atoms with Gasteiger partial charge in [0.05, 0.1) is 37.0 Å². The maximum Gasteiger partial charge on any atom is 0.261 e. The molecule has 1 aromatic heterocycles. The van der Waals surface area contributed by atoms with Crippen molar-refractivity contribution in [2.24, 2.45) is 7.05 Å². The molecule has 0 spiro atoms. The monoisotopic (exact) mass is 520 g/mol. The molecule has 38 heavy (non-hydrogen) atoms. The lowest BCUT2D eigenvalue weighted by atomic mass is 9.71. The third-order valence-electron chi connectivity index (χ3n) is 7.09. The number of amides is 2. The average Bonchev–Trinajstić information content (AvgIpc) is 3.27. The van der Waals surface area contributed by atoms with Gasteiger partial charge in [-0.3, -0.25) is 14.3 Å². The minimum atomic E-state index is -1.13. The molecule has 1 aliphatic rings. The van der Waals surface area contributed by atoms with Crippen molar-refractivity contribution in [3.05, 3.63) is 83.1 Å². The molecule has 0 radical (unpaired) electrons. The SMILES string of the molecule is COc1cc(OC)c(F)c(C(=O)Nc2ccc(C3(NC(=O)c4cccc5c4cnn5C)CCC3)cc2)c1F. The second-order valence-corrected chi connectivity index (χ2v) is 9.21. The number of ether oxygens (including phenoxy) is 2. The van der Waals surface area contributed by atoms with E-state index in [0.29, 0.717) is 11.3 Å². The Morgan fingerprint density at radius 2 is 1.63 bits per heavy atom. The van der Waals surface area contributed by atoms with Crippen LogP contribution >= 0.6 is 0 Å². The maximum atomic E-state index is 14.7. The van der Waals surface area contributed by atoms with Gasteiger partial charge in [-0.15, -0.1) is 0 Å². The topological polar surface area (TPSA) is 94.5 Å². The van der Waals surface area contributed by atoms with E-state index in [9.17, 15) is 18.4 Å². The lowest BCUT2D eigenvalue weighted by Gasteiger charge is -2.43. The van der Waals surface area contributed by atoms with Crippen LogP contribution in [0.3, 0.4) is 0 Å². The summed E-state index contributed by atoms with van der Waals surface area (Å²) in [6, 6.07) is 13.4. The number of rotatable bonds is 7. The van der Waals surface area contributed by atoms with Crippen molar-refractivity contribution in [1.82, 2.24) is 15.1 Å². The van der Waals surface area contributed by atoms with Crippen LogP contribution in [-0.4, -0.2) is 35.8 Å². The van der Waals surface area contributed by atoms with E-state index in [1.807, 2.05) is 19.2 Å². The van der Waals surface area contributed by atoms with Gasteiger partial charge in [0.25, 0.3) is 11.8 Å². The van der Waals surface area contributed by atoms with E-state index in [1.165, 1.54) is 14.2 Å². The van der Waals surface area contributed by atoms with Crippen LogP contribution in [0.2, 0.25) is 0 Å². The van der Waals surface area contributed by atoms with Gasteiger partial charge < -0.3 is 20.1 Å². The number of aromatic nitrogens is 2. The Bertz CT molecular complexity index is 1520. The molecule has 0 unspecified atom stereocenters. The van der Waals surface area contributed by atoms with E-state index in [0.717, 1.165) is 41.8 Å². The Hall–Kier alpha value is -4.47. The van der Waals surface area contributed by atoms with E-state index >= 15 is 0 Å². The summed E-state index contributed by atoms with van der Waals surface area (Å²) in [7, 11) is 4.25. The predicted octanol–water partition coefficient (Wildman–Crippen LogP) is 4.93. The Labute approximate surface area is 217 Å². The van der Waals surface area contributed by atoms with Crippen LogP contribution < -0.4 is 20.1 Å². The molecule has 1 aliphatic carbocycles. The van der Waals surface area contributed by atoms with Gasteiger partial charge in [0, 0.05) is 24.2 Å². The standard InChI is InChI=1S/C28H26F2N4O4/c1-34-20-7-4-6-18(19(20)15-31-34)26(35)33-28(12-5-13-28)16-8-10-17(11-9-16)32-27(36)23-24(29)21(37-2)14-22(38-3)25(23)30/h4,6-11,14-15H,5,12-13H2,1-3H3,(H,32,36)(H,33,35). The number of hydrogen-bond acceptors (Lipinski definition) is 5. The van der Waals surface area contributed by atoms with Crippen LogP contribution in [0, 0.1) is 11.6 Å². The van der Waals surface area contributed by atoms with Gasteiger partial charge in [-0.2, -0.15) is 5.10 Å². The third-order valence-corrected chi connectivity index (χ3v) is 7.09. The second-order valence-electron chi connectivity index (χ2n) is 9.21. The van der Waals surface area contributed by atoms with Crippen molar-refractivity contribution in [2.45, 2.75) is 24.8 Å². The number of benzene rings is 3. The molecule has 196 valence electrons. The second kappa shape index (κ2) is 9.77. The first kappa shape index (κ1) is 25.2. The van der Waals surface area contributed by atoms with Crippen LogP contribution in [0.15, 0.2) is 54.7 Å². The molecule has 0 atom stereocenters. The van der Waals surface area contributed by atoms with E-state index in [4.69, 9.17) is 9.47 Å². The summed E-state index contributed by atoms with van der Waals surface area (Å²) in [6.07, 6.45) is 4.14. The fraction of sp³-hybridized carbons (Fsp3) is 0.250. The van der Waals surface area contributed by atoms with Gasteiger partial charge >= 0.3 is 0 Å². The zero-order chi connectivity index (χ0) is 27.0. The largest absolute Gasteiger partial charge is 0.494 e. The number of fused-ring (bicyclic) bond motifs is 1. The van der Waals surface area contributed by atoms with Crippen LogP contribution in [0.1, 0.15) is 45.5 Å². The van der Waals surface area contributed by atoms with Crippen molar-refractivity contribution in [3.63, 3.8) is 0 Å². The molecular weight excluding hydrogens is 494 g/mol. The number of halogens is 2. The van der Waals surface area contributed by atoms with Gasteiger partial charge in [0.15, 0.2) is 23.1 Å². The lowest BCUT2D eigenvalue weighted by Crippen LogP contribution is -2.50. The molecule has 2 amide bonds. The van der Waals surface area contributed by atoms with Gasteiger partial charge in [0.2, 0.25) is 0 Å². The number of hydrogen-bond donors (Lipinski definition) is 2. The summed E-state index contributed by atoms with van der Waals surface area (Å²) in [6.45, 7) is 0. The molecule has 10 heteroatoms. The molecular formula is C28H26F2N4O4. The van der Waals surface area contributed by atoms with E-state index in [-0.39, 0.29) is 17.4 Å². The minimum Gasteiger partial charge on any atom is -0.494 e.